The van der Waals surface area contributed by atoms with E-state index < -0.39 is 0 Å². The number of nitrogens with zero attached hydrogens (tertiary/aromatic N) is 4. The normalized spacial score (nSPS) is 15.9. The number of nitrogens with one attached hydrogen (secondary N) is 2. The minimum atomic E-state index is 0.0198. The summed E-state index contributed by atoms with van der Waals surface area (Å²) in [6.45, 7) is 4.64. The van der Waals surface area contributed by atoms with Crippen molar-refractivity contribution in [2.45, 2.75) is 26.3 Å². The Bertz CT molecular complexity index is 1170. The number of imidazole rings is 1. The zero-order valence-electron chi connectivity index (χ0n) is 16.2. The van der Waals surface area contributed by atoms with Crippen LogP contribution in [-0.4, -0.2) is 42.6 Å². The molecule has 1 saturated heterocycles. The van der Waals surface area contributed by atoms with Gasteiger partial charge in [0, 0.05) is 5.92 Å². The Labute approximate surface area is 172 Å². The van der Waals surface area contributed by atoms with Gasteiger partial charge in [-0.3, -0.25) is 9.69 Å². The lowest BCUT2D eigenvalue weighted by Gasteiger charge is -2.30. The Kier molecular flexibility index (Phi) is 4.73. The number of likely N-dealkylation sites (tertiary alicyclic amines) is 1. The fraction of sp³-hybridized carbons (Fsp3) is 0.333. The molecule has 5 rings (SSSR count). The number of carbonyl (C=O) groups excluding carboxylic acids is 1. The number of aromatic nitrogens is 4. The third-order valence-electron chi connectivity index (χ3n) is 5.56. The Balaban J connectivity index is 1.19. The van der Waals surface area contributed by atoms with Gasteiger partial charge >= 0.3 is 0 Å². The Hall–Kier alpha value is -2.84. The van der Waals surface area contributed by atoms with Gasteiger partial charge in [0.2, 0.25) is 5.91 Å². The standard InChI is InChI=1S/C21H22N6OS/c1-13-5-6-15-18(11-13)23-19(22-15)12-27-9-7-14(8-10-27)21(28)24-16-3-2-4-17-20(16)26-29-25-17/h2-6,11,14H,7-10,12H2,1H3,(H,22,23)(H,24,28). The second-order valence-electron chi connectivity index (χ2n) is 7.68. The second-order valence-corrected chi connectivity index (χ2v) is 8.21. The van der Waals surface area contributed by atoms with Gasteiger partial charge < -0.3 is 10.3 Å². The van der Waals surface area contributed by atoms with E-state index in [1.54, 1.807) is 0 Å². The molecule has 7 nitrogen and oxygen atoms in total. The molecule has 0 atom stereocenters. The van der Waals surface area contributed by atoms with Gasteiger partial charge in [-0.2, -0.15) is 8.75 Å². The highest BCUT2D eigenvalue weighted by Gasteiger charge is 2.26. The van der Waals surface area contributed by atoms with Gasteiger partial charge in [-0.05, 0) is 62.7 Å². The van der Waals surface area contributed by atoms with Crippen molar-refractivity contribution in [3.63, 3.8) is 0 Å². The highest BCUT2D eigenvalue weighted by molar-refractivity contribution is 7.00. The minimum Gasteiger partial charge on any atom is -0.341 e. The van der Waals surface area contributed by atoms with E-state index in [1.807, 2.05) is 18.2 Å². The molecule has 0 radical (unpaired) electrons. The molecular weight excluding hydrogens is 384 g/mol. The molecule has 1 amide bonds. The van der Waals surface area contributed by atoms with Crippen LogP contribution in [0, 0.1) is 12.8 Å². The van der Waals surface area contributed by atoms with Gasteiger partial charge in [0.15, 0.2) is 0 Å². The van der Waals surface area contributed by atoms with Gasteiger partial charge in [0.25, 0.3) is 0 Å². The van der Waals surface area contributed by atoms with Crippen molar-refractivity contribution in [3.05, 3.63) is 47.8 Å². The number of piperidine rings is 1. The van der Waals surface area contributed by atoms with Gasteiger partial charge in [-0.15, -0.1) is 0 Å². The molecule has 1 aliphatic heterocycles. The smallest absolute Gasteiger partial charge is 0.227 e. The quantitative estimate of drug-likeness (QED) is 0.539. The summed E-state index contributed by atoms with van der Waals surface area (Å²) < 4.78 is 8.53. The van der Waals surface area contributed by atoms with Crippen molar-refractivity contribution in [1.29, 1.82) is 0 Å². The number of amides is 1. The van der Waals surface area contributed by atoms with Crippen LogP contribution in [0.25, 0.3) is 22.1 Å². The summed E-state index contributed by atoms with van der Waals surface area (Å²) in [5.74, 6) is 1.08. The van der Waals surface area contributed by atoms with Crippen molar-refractivity contribution < 1.29 is 4.79 Å². The largest absolute Gasteiger partial charge is 0.341 e. The number of rotatable bonds is 4. The van der Waals surface area contributed by atoms with E-state index in [1.165, 1.54) is 17.3 Å². The number of H-pyrrole nitrogens is 1. The predicted octanol–water partition coefficient (Wildman–Crippen LogP) is 3.73. The molecule has 3 heterocycles. The number of carbonyl (C=O) groups is 1. The maximum absolute atomic E-state index is 12.8. The number of aromatic amines is 1. The molecule has 4 aromatic rings. The third-order valence-corrected chi connectivity index (χ3v) is 6.10. The van der Waals surface area contributed by atoms with Crippen LogP contribution in [0.3, 0.4) is 0 Å². The van der Waals surface area contributed by atoms with Crippen LogP contribution in [0.15, 0.2) is 36.4 Å². The van der Waals surface area contributed by atoms with Crippen molar-refractivity contribution >= 4 is 45.4 Å². The Morgan fingerprint density at radius 2 is 2.07 bits per heavy atom. The summed E-state index contributed by atoms with van der Waals surface area (Å²) in [5.41, 5.74) is 5.66. The van der Waals surface area contributed by atoms with Crippen molar-refractivity contribution in [3.8, 4) is 0 Å². The first kappa shape index (κ1) is 18.2. The summed E-state index contributed by atoms with van der Waals surface area (Å²) in [5, 5.41) is 3.06. The van der Waals surface area contributed by atoms with Crippen molar-refractivity contribution in [2.24, 2.45) is 5.92 Å². The van der Waals surface area contributed by atoms with Gasteiger partial charge in [-0.1, -0.05) is 12.1 Å². The number of benzene rings is 2. The van der Waals surface area contributed by atoms with E-state index in [4.69, 9.17) is 4.98 Å². The van der Waals surface area contributed by atoms with E-state index in [0.717, 1.165) is 66.1 Å². The van der Waals surface area contributed by atoms with Crippen LogP contribution < -0.4 is 5.32 Å². The van der Waals surface area contributed by atoms with E-state index in [0.29, 0.717) is 0 Å². The third kappa shape index (κ3) is 3.73. The Morgan fingerprint density at radius 1 is 1.21 bits per heavy atom. The predicted molar refractivity (Wildman–Crippen MR) is 115 cm³/mol. The fourth-order valence-corrected chi connectivity index (χ4v) is 4.51. The molecule has 1 fully saturated rings. The first-order valence-corrected chi connectivity index (χ1v) is 10.6. The topological polar surface area (TPSA) is 86.8 Å². The van der Waals surface area contributed by atoms with Crippen LogP contribution in [0.2, 0.25) is 0 Å². The number of hydrogen-bond acceptors (Lipinski definition) is 6. The number of aryl methyl sites for hydroxylation is 1. The molecule has 2 N–H and O–H groups in total. The van der Waals surface area contributed by atoms with Crippen LogP contribution in [0.4, 0.5) is 5.69 Å². The maximum Gasteiger partial charge on any atom is 0.227 e. The zero-order chi connectivity index (χ0) is 19.8. The maximum atomic E-state index is 12.8. The monoisotopic (exact) mass is 406 g/mol. The molecular formula is C21H22N6OS. The van der Waals surface area contributed by atoms with Gasteiger partial charge in [-0.25, -0.2) is 4.98 Å². The van der Waals surface area contributed by atoms with Crippen molar-refractivity contribution in [2.75, 3.05) is 18.4 Å². The van der Waals surface area contributed by atoms with Crippen LogP contribution in [-0.2, 0) is 11.3 Å². The number of hydrogen-bond donors (Lipinski definition) is 2. The highest BCUT2D eigenvalue weighted by atomic mass is 32.1. The zero-order valence-corrected chi connectivity index (χ0v) is 17.0. The average molecular weight is 407 g/mol. The molecule has 29 heavy (non-hydrogen) atoms. The SMILES string of the molecule is Cc1ccc2nc(CN3CCC(C(=O)Nc4cccc5nsnc45)CC3)[nH]c2c1. The first-order valence-electron chi connectivity index (χ1n) is 9.85. The average Bonchev–Trinajstić information content (AvgIpc) is 3.35. The van der Waals surface area contributed by atoms with Crippen LogP contribution in [0.1, 0.15) is 24.2 Å². The fourth-order valence-electron chi connectivity index (χ4n) is 3.96. The molecule has 0 spiro atoms. The summed E-state index contributed by atoms with van der Waals surface area (Å²) in [6.07, 6.45) is 1.69. The second kappa shape index (κ2) is 7.53. The Morgan fingerprint density at radius 3 is 2.93 bits per heavy atom. The minimum absolute atomic E-state index is 0.0198. The number of anilines is 1. The van der Waals surface area contributed by atoms with E-state index >= 15 is 0 Å². The summed E-state index contributed by atoms with van der Waals surface area (Å²) in [4.78, 5) is 23.2. The molecule has 148 valence electrons. The summed E-state index contributed by atoms with van der Waals surface area (Å²) in [6, 6.07) is 12.0. The molecule has 8 heteroatoms. The highest BCUT2D eigenvalue weighted by Crippen LogP contribution is 2.25. The van der Waals surface area contributed by atoms with Crippen molar-refractivity contribution in [1.82, 2.24) is 23.6 Å². The molecule has 0 saturated carbocycles. The van der Waals surface area contributed by atoms with Gasteiger partial charge in [0.1, 0.15) is 16.9 Å². The molecule has 2 aromatic heterocycles. The van der Waals surface area contributed by atoms with E-state index in [-0.39, 0.29) is 11.8 Å². The first-order chi connectivity index (χ1) is 14.2. The van der Waals surface area contributed by atoms with Gasteiger partial charge in [0.05, 0.1) is 35.0 Å². The lowest BCUT2D eigenvalue weighted by molar-refractivity contribution is -0.121. The molecule has 0 aliphatic carbocycles. The van der Waals surface area contributed by atoms with E-state index in [9.17, 15) is 4.79 Å². The lowest BCUT2D eigenvalue weighted by atomic mass is 9.95. The molecule has 2 aromatic carbocycles. The molecule has 0 bridgehead atoms. The van der Waals surface area contributed by atoms with E-state index in [2.05, 4.69) is 49.1 Å². The van der Waals surface area contributed by atoms with Crippen LogP contribution in [0.5, 0.6) is 0 Å². The lowest BCUT2D eigenvalue weighted by Crippen LogP contribution is -2.38. The van der Waals surface area contributed by atoms with Crippen LogP contribution >= 0.6 is 11.7 Å². The number of fused-ring (bicyclic) bond motifs is 2. The molecule has 1 aliphatic rings. The molecule has 0 unspecified atom stereocenters. The summed E-state index contributed by atoms with van der Waals surface area (Å²) in [7, 11) is 0. The summed E-state index contributed by atoms with van der Waals surface area (Å²) >= 11 is 1.17.